The van der Waals surface area contributed by atoms with E-state index >= 15 is 0 Å². The first kappa shape index (κ1) is 20.2. The maximum absolute atomic E-state index is 12.5. The summed E-state index contributed by atoms with van der Waals surface area (Å²) in [6.07, 6.45) is 1.81. The summed E-state index contributed by atoms with van der Waals surface area (Å²) in [7, 11) is 0. The molecule has 1 aromatic heterocycles. The molecule has 0 fully saturated rings. The average Bonchev–Trinajstić information content (AvgIpc) is 3.19. The van der Waals surface area contributed by atoms with E-state index in [9.17, 15) is 14.7 Å². The second kappa shape index (κ2) is 9.17. The molecule has 3 aromatic carbocycles. The lowest BCUT2D eigenvalue weighted by atomic mass is 10.1. The van der Waals surface area contributed by atoms with Crippen molar-refractivity contribution in [3.63, 3.8) is 0 Å². The molecular formula is C25H22N2O4. The SMILES string of the molecule is O=C(Cn1ccc2cc(OCc3ccccc3)ccc21)N[C@@H](C(=O)O)c1ccccc1. The van der Waals surface area contributed by atoms with Gasteiger partial charge in [-0.25, -0.2) is 4.79 Å². The molecule has 6 nitrogen and oxygen atoms in total. The molecule has 0 radical (unpaired) electrons. The van der Waals surface area contributed by atoms with Gasteiger partial charge in [0.05, 0.1) is 0 Å². The van der Waals surface area contributed by atoms with Crippen LogP contribution in [0.2, 0.25) is 0 Å². The number of nitrogens with zero attached hydrogens (tertiary/aromatic N) is 1. The Morgan fingerprint density at radius 2 is 1.65 bits per heavy atom. The Labute approximate surface area is 179 Å². The third-order valence-electron chi connectivity index (χ3n) is 4.99. The maximum atomic E-state index is 12.5. The average molecular weight is 414 g/mol. The molecule has 156 valence electrons. The summed E-state index contributed by atoms with van der Waals surface area (Å²) in [4.78, 5) is 24.2. The van der Waals surface area contributed by atoms with Crippen LogP contribution in [0.3, 0.4) is 0 Å². The number of aromatic nitrogens is 1. The molecule has 2 N–H and O–H groups in total. The highest BCUT2D eigenvalue weighted by atomic mass is 16.5. The first-order chi connectivity index (χ1) is 15.1. The molecule has 0 saturated heterocycles. The van der Waals surface area contributed by atoms with Gasteiger partial charge in [0.15, 0.2) is 6.04 Å². The van der Waals surface area contributed by atoms with E-state index in [-0.39, 0.29) is 12.5 Å². The largest absolute Gasteiger partial charge is 0.489 e. The lowest BCUT2D eigenvalue weighted by Gasteiger charge is -2.15. The van der Waals surface area contributed by atoms with Crippen LogP contribution in [0.4, 0.5) is 0 Å². The van der Waals surface area contributed by atoms with Crippen LogP contribution in [0.15, 0.2) is 91.1 Å². The monoisotopic (exact) mass is 414 g/mol. The van der Waals surface area contributed by atoms with Crippen molar-refractivity contribution in [1.29, 1.82) is 0 Å². The van der Waals surface area contributed by atoms with Gasteiger partial charge in [-0.15, -0.1) is 0 Å². The Balaban J connectivity index is 1.43. The molecule has 4 rings (SSSR count). The third kappa shape index (κ3) is 4.93. The topological polar surface area (TPSA) is 80.6 Å². The van der Waals surface area contributed by atoms with Crippen molar-refractivity contribution >= 4 is 22.8 Å². The van der Waals surface area contributed by atoms with E-state index < -0.39 is 12.0 Å². The van der Waals surface area contributed by atoms with Crippen molar-refractivity contribution in [2.45, 2.75) is 19.2 Å². The Kier molecular flexibility index (Phi) is 5.98. The number of benzene rings is 3. The highest BCUT2D eigenvalue weighted by molar-refractivity contribution is 5.87. The molecule has 0 unspecified atom stereocenters. The molecule has 1 amide bonds. The maximum Gasteiger partial charge on any atom is 0.330 e. The van der Waals surface area contributed by atoms with Gasteiger partial charge in [-0.1, -0.05) is 60.7 Å². The highest BCUT2D eigenvalue weighted by Gasteiger charge is 2.22. The molecule has 0 aliphatic carbocycles. The molecule has 0 aliphatic rings. The van der Waals surface area contributed by atoms with Crippen LogP contribution in [-0.2, 0) is 22.7 Å². The van der Waals surface area contributed by atoms with Crippen molar-refractivity contribution in [2.24, 2.45) is 0 Å². The summed E-state index contributed by atoms with van der Waals surface area (Å²) in [5, 5.41) is 13.0. The van der Waals surface area contributed by atoms with E-state index in [2.05, 4.69) is 5.32 Å². The van der Waals surface area contributed by atoms with Gasteiger partial charge in [0, 0.05) is 17.1 Å². The van der Waals surface area contributed by atoms with E-state index in [0.717, 1.165) is 22.2 Å². The van der Waals surface area contributed by atoms with Crippen LogP contribution in [0, 0.1) is 0 Å². The first-order valence-electron chi connectivity index (χ1n) is 9.93. The van der Waals surface area contributed by atoms with Gasteiger partial charge in [0.2, 0.25) is 5.91 Å². The number of carboxylic acid groups (broad SMARTS) is 1. The van der Waals surface area contributed by atoms with Crippen LogP contribution >= 0.6 is 0 Å². The molecule has 0 saturated carbocycles. The number of ether oxygens (including phenoxy) is 1. The number of carbonyl (C=O) groups is 2. The van der Waals surface area contributed by atoms with Crippen molar-refractivity contribution < 1.29 is 19.4 Å². The second-order valence-corrected chi connectivity index (χ2v) is 7.19. The number of hydrogen-bond acceptors (Lipinski definition) is 3. The fraction of sp³-hybridized carbons (Fsp3) is 0.120. The molecular weight excluding hydrogens is 392 g/mol. The lowest BCUT2D eigenvalue weighted by molar-refractivity contribution is -0.142. The number of carboxylic acids is 1. The van der Waals surface area contributed by atoms with E-state index in [4.69, 9.17) is 4.74 Å². The van der Waals surface area contributed by atoms with E-state index in [1.54, 1.807) is 34.9 Å². The zero-order valence-electron chi connectivity index (χ0n) is 16.8. The molecule has 0 aliphatic heterocycles. The van der Waals surface area contributed by atoms with Gasteiger partial charge in [0.1, 0.15) is 18.9 Å². The van der Waals surface area contributed by atoms with Crippen molar-refractivity contribution in [2.75, 3.05) is 0 Å². The smallest absolute Gasteiger partial charge is 0.330 e. The summed E-state index contributed by atoms with van der Waals surface area (Å²) in [6.45, 7) is 0.496. The van der Waals surface area contributed by atoms with Crippen LogP contribution in [0.25, 0.3) is 10.9 Å². The molecule has 6 heteroatoms. The van der Waals surface area contributed by atoms with Gasteiger partial charge >= 0.3 is 5.97 Å². The van der Waals surface area contributed by atoms with E-state index in [0.29, 0.717) is 12.2 Å². The molecule has 0 spiro atoms. The van der Waals surface area contributed by atoms with E-state index in [1.807, 2.05) is 60.8 Å². The number of fused-ring (bicyclic) bond motifs is 1. The zero-order valence-corrected chi connectivity index (χ0v) is 16.8. The summed E-state index contributed by atoms with van der Waals surface area (Å²) in [5.41, 5.74) is 2.48. The number of amides is 1. The van der Waals surface area contributed by atoms with Crippen molar-refractivity contribution in [3.8, 4) is 5.75 Å². The van der Waals surface area contributed by atoms with Gasteiger partial charge in [-0.2, -0.15) is 0 Å². The van der Waals surface area contributed by atoms with Crippen LogP contribution in [0.1, 0.15) is 17.2 Å². The number of hydrogen-bond donors (Lipinski definition) is 2. The molecule has 1 atom stereocenters. The lowest BCUT2D eigenvalue weighted by Crippen LogP contribution is -2.35. The number of carbonyl (C=O) groups excluding carboxylic acids is 1. The Morgan fingerprint density at radius 1 is 0.935 bits per heavy atom. The number of rotatable bonds is 8. The quantitative estimate of drug-likeness (QED) is 0.454. The standard InChI is InChI=1S/C25H22N2O4/c28-23(26-24(25(29)30)19-9-5-2-6-10-19)16-27-14-13-20-15-21(11-12-22(20)27)31-17-18-7-3-1-4-8-18/h1-15,24H,16-17H2,(H,26,28)(H,29,30)/t24-/m1/s1. The predicted octanol–water partition coefficient (Wildman–Crippen LogP) is 4.16. The molecule has 0 bridgehead atoms. The molecule has 31 heavy (non-hydrogen) atoms. The van der Waals surface area contributed by atoms with Crippen molar-refractivity contribution in [3.05, 3.63) is 102 Å². The third-order valence-corrected chi connectivity index (χ3v) is 4.99. The minimum atomic E-state index is -1.10. The number of aliphatic carboxylic acids is 1. The van der Waals surface area contributed by atoms with Gasteiger partial charge in [0.25, 0.3) is 0 Å². The minimum Gasteiger partial charge on any atom is -0.489 e. The van der Waals surface area contributed by atoms with Gasteiger partial charge < -0.3 is 19.7 Å². The van der Waals surface area contributed by atoms with Crippen LogP contribution in [-0.4, -0.2) is 21.6 Å². The van der Waals surface area contributed by atoms with Gasteiger partial charge in [-0.3, -0.25) is 4.79 Å². The van der Waals surface area contributed by atoms with Crippen molar-refractivity contribution in [1.82, 2.24) is 9.88 Å². The highest BCUT2D eigenvalue weighted by Crippen LogP contribution is 2.23. The minimum absolute atomic E-state index is 0.0182. The van der Waals surface area contributed by atoms with E-state index in [1.165, 1.54) is 0 Å². The Hall–Kier alpha value is -4.06. The zero-order chi connectivity index (χ0) is 21.6. The first-order valence-corrected chi connectivity index (χ1v) is 9.93. The van der Waals surface area contributed by atoms with Crippen LogP contribution in [0.5, 0.6) is 5.75 Å². The Bertz CT molecular complexity index is 1190. The van der Waals surface area contributed by atoms with Crippen LogP contribution < -0.4 is 10.1 Å². The summed E-state index contributed by atoms with van der Waals surface area (Å²) >= 11 is 0. The fourth-order valence-electron chi connectivity index (χ4n) is 3.44. The second-order valence-electron chi connectivity index (χ2n) is 7.19. The molecule has 4 aromatic rings. The Morgan fingerprint density at radius 3 is 2.35 bits per heavy atom. The summed E-state index contributed by atoms with van der Waals surface area (Å²) < 4.78 is 7.65. The number of nitrogens with one attached hydrogen (secondary N) is 1. The normalized spacial score (nSPS) is 11.7. The fourth-order valence-corrected chi connectivity index (χ4v) is 3.44. The summed E-state index contributed by atoms with van der Waals surface area (Å²) in [6, 6.07) is 25.1. The predicted molar refractivity (Wildman–Crippen MR) is 118 cm³/mol. The molecule has 1 heterocycles. The summed E-state index contributed by atoms with van der Waals surface area (Å²) in [5.74, 6) is -0.733. The van der Waals surface area contributed by atoms with Gasteiger partial charge in [-0.05, 0) is 35.4 Å².